The largest absolute Gasteiger partial charge is 0.496 e. The number of hydrogen-bond donors (Lipinski definition) is 3. The maximum absolute atomic E-state index is 11.6. The number of anilines is 2. The summed E-state index contributed by atoms with van der Waals surface area (Å²) in [5, 5.41) is 9.18. The van der Waals surface area contributed by atoms with Crippen molar-refractivity contribution < 1.29 is 68.8 Å². The van der Waals surface area contributed by atoms with E-state index in [1.807, 2.05) is 11.6 Å². The van der Waals surface area contributed by atoms with Crippen LogP contribution in [0.4, 0.5) is 11.4 Å². The number of methoxy groups -OCH3 is 6. The monoisotopic (exact) mass is 812 g/mol. The summed E-state index contributed by atoms with van der Waals surface area (Å²) in [7, 11) is 5.33. The molecule has 0 unspecified atom stereocenters. The predicted molar refractivity (Wildman–Crippen MR) is 208 cm³/mol. The van der Waals surface area contributed by atoms with E-state index in [1.165, 1.54) is 42.7 Å². The fourth-order valence-electron chi connectivity index (χ4n) is 5.83. The second-order valence-electron chi connectivity index (χ2n) is 12.4. The molecule has 0 saturated heterocycles. The highest BCUT2D eigenvalue weighted by Crippen LogP contribution is 2.51. The van der Waals surface area contributed by atoms with Gasteiger partial charge in [0.25, 0.3) is 20.2 Å². The second-order valence-corrected chi connectivity index (χ2v) is 15.5. The van der Waals surface area contributed by atoms with Crippen LogP contribution in [-0.2, 0) is 34.5 Å². The van der Waals surface area contributed by atoms with E-state index in [-0.39, 0.29) is 42.5 Å². The molecule has 0 atom stereocenters. The van der Waals surface area contributed by atoms with Crippen LogP contribution in [0.15, 0.2) is 53.5 Å². The number of allylic oxidation sites excluding steroid dienone is 2. The van der Waals surface area contributed by atoms with Gasteiger partial charge in [0, 0.05) is 74.8 Å². The minimum absolute atomic E-state index is 0.0181. The molecule has 1 aliphatic carbocycles. The highest BCUT2D eigenvalue weighted by molar-refractivity contribution is 7.86. The fraction of sp³-hybridized carbons (Fsp3) is 0.444. The number of benzene rings is 2. The zero-order chi connectivity index (χ0) is 41.2. The van der Waals surface area contributed by atoms with E-state index < -0.39 is 37.7 Å². The number of nitrogens with zero attached hydrogens (tertiary/aromatic N) is 3. The standard InChI is InChI=1S/C36H49N3O14S2/c1-37(12-10-11-32(40)41)23-17-26(48-4)33(27(18-23)49-5)36(34-28(50-6)19-24(20-29(34)51-7)38(2)13-15-54(42,43)44)35-30(52-8)21-25(22-31(35)53-9)39(3)14-16-55(45,46)47/h17-22H,10-16H2,1-9H3,(H2-,40,41,42,43,44,45,46,47)/p+1. The van der Waals surface area contributed by atoms with Crippen LogP contribution in [0.2, 0.25) is 0 Å². The van der Waals surface area contributed by atoms with Crippen molar-refractivity contribution in [1.82, 2.24) is 0 Å². The Hall–Kier alpha value is -4.98. The van der Waals surface area contributed by atoms with Gasteiger partial charge < -0.3 is 43.3 Å². The average molecular weight is 813 g/mol. The number of rotatable bonds is 20. The highest BCUT2D eigenvalue weighted by atomic mass is 32.2. The highest BCUT2D eigenvalue weighted by Gasteiger charge is 2.34. The molecule has 0 spiro atoms. The van der Waals surface area contributed by atoms with E-state index in [0.29, 0.717) is 63.8 Å². The lowest BCUT2D eigenvalue weighted by atomic mass is 9.86. The quantitative estimate of drug-likeness (QED) is 0.129. The minimum atomic E-state index is -4.26. The molecule has 0 fully saturated rings. The Morgan fingerprint density at radius 2 is 1.04 bits per heavy atom. The zero-order valence-corrected chi connectivity index (χ0v) is 34.0. The summed E-state index contributed by atoms with van der Waals surface area (Å²) in [6.07, 6.45) is 3.90. The van der Waals surface area contributed by atoms with Crippen LogP contribution in [0.1, 0.15) is 24.0 Å². The molecule has 304 valence electrons. The van der Waals surface area contributed by atoms with Gasteiger partial charge in [0.05, 0.1) is 89.4 Å². The lowest BCUT2D eigenvalue weighted by molar-refractivity contribution is -0.496. The van der Waals surface area contributed by atoms with E-state index in [1.54, 1.807) is 60.3 Å². The van der Waals surface area contributed by atoms with Gasteiger partial charge in [-0.2, -0.15) is 16.8 Å². The van der Waals surface area contributed by atoms with E-state index >= 15 is 0 Å². The molecule has 3 rings (SSSR count). The third-order valence-corrected chi connectivity index (χ3v) is 10.2. The van der Waals surface area contributed by atoms with Gasteiger partial charge in [0.15, 0.2) is 0 Å². The van der Waals surface area contributed by atoms with Crippen LogP contribution in [-0.4, -0.2) is 142 Å². The topological polar surface area (TPSA) is 211 Å². The summed E-state index contributed by atoms with van der Waals surface area (Å²) in [5.74, 6) is -0.258. The molecule has 0 aromatic heterocycles. The van der Waals surface area contributed by atoms with Crippen LogP contribution in [0, 0.1) is 0 Å². The van der Waals surface area contributed by atoms with Crippen molar-refractivity contribution in [3.05, 3.63) is 64.6 Å². The summed E-state index contributed by atoms with van der Waals surface area (Å²) in [6, 6.07) is 6.67. The van der Waals surface area contributed by atoms with E-state index in [0.717, 1.165) is 0 Å². The first-order valence-corrected chi connectivity index (χ1v) is 20.0. The van der Waals surface area contributed by atoms with Crippen molar-refractivity contribution in [2.45, 2.75) is 12.8 Å². The van der Waals surface area contributed by atoms with E-state index in [4.69, 9.17) is 28.4 Å². The third-order valence-electron chi connectivity index (χ3n) is 8.80. The SMILES string of the molecule is COC1=CC(=[N+](C)CCCC(=O)O)C=C(OC)C1=C(c1c(OC)cc(N(C)CCS(=O)(=O)O)cc1OC)c1c(OC)cc(N(C)CCS(=O)(=O)O)cc1OC. The van der Waals surface area contributed by atoms with Crippen LogP contribution < -0.4 is 28.7 Å². The molecule has 0 radical (unpaired) electrons. The van der Waals surface area contributed by atoms with Crippen molar-refractivity contribution in [2.75, 3.05) is 105 Å². The normalized spacial score (nSPS) is 13.0. The summed E-state index contributed by atoms with van der Waals surface area (Å²) >= 11 is 0. The minimum Gasteiger partial charge on any atom is -0.496 e. The average Bonchev–Trinajstić information content (AvgIpc) is 3.14. The van der Waals surface area contributed by atoms with E-state index in [2.05, 4.69) is 0 Å². The molecule has 17 nitrogen and oxygen atoms in total. The van der Waals surface area contributed by atoms with Gasteiger partial charge >= 0.3 is 5.97 Å². The van der Waals surface area contributed by atoms with Gasteiger partial charge in [-0.1, -0.05) is 0 Å². The summed E-state index contributed by atoms with van der Waals surface area (Å²) in [5.41, 5.74) is 3.18. The first-order chi connectivity index (χ1) is 25.8. The van der Waals surface area contributed by atoms with Crippen LogP contribution in [0.3, 0.4) is 0 Å². The third kappa shape index (κ3) is 11.5. The molecule has 3 N–H and O–H groups in total. The number of aliphatic carboxylic acids is 1. The Bertz CT molecular complexity index is 1910. The van der Waals surface area contributed by atoms with Gasteiger partial charge in [0.1, 0.15) is 48.1 Å². The maximum Gasteiger partial charge on any atom is 0.303 e. The van der Waals surface area contributed by atoms with Gasteiger partial charge in [-0.3, -0.25) is 13.9 Å². The smallest absolute Gasteiger partial charge is 0.303 e. The van der Waals surface area contributed by atoms with Crippen LogP contribution in [0.25, 0.3) is 5.57 Å². The molecular formula is C36H50N3O14S2+. The Morgan fingerprint density at radius 3 is 1.33 bits per heavy atom. The zero-order valence-electron chi connectivity index (χ0n) is 32.4. The fourth-order valence-corrected chi connectivity index (χ4v) is 6.84. The first-order valence-electron chi connectivity index (χ1n) is 16.7. The van der Waals surface area contributed by atoms with Crippen molar-refractivity contribution >= 4 is 48.9 Å². The maximum atomic E-state index is 11.6. The van der Waals surface area contributed by atoms with Gasteiger partial charge in [0.2, 0.25) is 5.71 Å². The molecule has 0 amide bonds. The lowest BCUT2D eigenvalue weighted by Crippen LogP contribution is -2.25. The summed E-state index contributed by atoms with van der Waals surface area (Å²) in [6.45, 7) is 0.299. The Morgan fingerprint density at radius 1 is 0.673 bits per heavy atom. The number of ether oxygens (including phenoxy) is 6. The second kappa shape index (κ2) is 19.1. The molecule has 0 aliphatic heterocycles. The van der Waals surface area contributed by atoms with Crippen LogP contribution in [0.5, 0.6) is 23.0 Å². The lowest BCUT2D eigenvalue weighted by Gasteiger charge is -2.28. The van der Waals surface area contributed by atoms with E-state index in [9.17, 15) is 35.8 Å². The van der Waals surface area contributed by atoms with Crippen molar-refractivity contribution in [1.29, 1.82) is 0 Å². The summed E-state index contributed by atoms with van der Waals surface area (Å²) in [4.78, 5) is 14.4. The Balaban J connectivity index is 2.54. The predicted octanol–water partition coefficient (Wildman–Crippen LogP) is 3.19. The van der Waals surface area contributed by atoms with Gasteiger partial charge in [-0.15, -0.1) is 0 Å². The molecule has 19 heteroatoms. The molecule has 2 aromatic carbocycles. The summed E-state index contributed by atoms with van der Waals surface area (Å²) < 4.78 is 103. The van der Waals surface area contributed by atoms with Crippen molar-refractivity contribution in [3.8, 4) is 23.0 Å². The molecule has 1 aliphatic rings. The first kappa shape index (κ1) is 44.4. The number of carboxylic acid groups (broad SMARTS) is 1. The molecule has 0 saturated carbocycles. The molecular weight excluding hydrogens is 763 g/mol. The van der Waals surface area contributed by atoms with Crippen molar-refractivity contribution in [2.24, 2.45) is 0 Å². The number of hydrogen-bond acceptors (Lipinski definition) is 13. The molecule has 2 aromatic rings. The molecule has 0 heterocycles. The van der Waals surface area contributed by atoms with Gasteiger partial charge in [-0.05, 0) is 0 Å². The number of carboxylic acids is 1. The Kier molecular flexibility index (Phi) is 15.4. The van der Waals surface area contributed by atoms with Gasteiger partial charge in [-0.25, -0.2) is 4.58 Å². The Labute approximate surface area is 322 Å². The van der Waals surface area contributed by atoms with Crippen molar-refractivity contribution in [3.63, 3.8) is 0 Å². The molecule has 55 heavy (non-hydrogen) atoms. The molecule has 0 bridgehead atoms. The number of carbonyl (C=O) groups is 1. The van der Waals surface area contributed by atoms with Crippen LogP contribution >= 0.6 is 0 Å².